The summed E-state index contributed by atoms with van der Waals surface area (Å²) in [5, 5.41) is 9.76. The maximum absolute atomic E-state index is 13.1. The highest BCUT2D eigenvalue weighted by atomic mass is 16.5. The Morgan fingerprint density at radius 2 is 1.89 bits per heavy atom. The van der Waals surface area contributed by atoms with Crippen molar-refractivity contribution in [1.29, 1.82) is 0 Å². The summed E-state index contributed by atoms with van der Waals surface area (Å²) in [6.07, 6.45) is 0.590. The van der Waals surface area contributed by atoms with Crippen LogP contribution >= 0.6 is 0 Å². The largest absolute Gasteiger partial charge is 0.493 e. The minimum atomic E-state index is -1.04. The number of carboxylic acids is 1. The van der Waals surface area contributed by atoms with E-state index in [0.29, 0.717) is 35.6 Å². The summed E-state index contributed by atoms with van der Waals surface area (Å²) in [7, 11) is 1.51. The number of benzene rings is 2. The molecule has 2 aromatic carbocycles. The minimum absolute atomic E-state index is 0.0320. The number of ether oxygens (including phenoxy) is 2. The normalized spacial score (nSPS) is 16.0. The average Bonchev–Trinajstić information content (AvgIpc) is 2.66. The summed E-state index contributed by atoms with van der Waals surface area (Å²) < 4.78 is 11.0. The van der Waals surface area contributed by atoms with Crippen LogP contribution in [0.3, 0.4) is 0 Å². The van der Waals surface area contributed by atoms with Gasteiger partial charge in [0.25, 0.3) is 5.91 Å². The van der Waals surface area contributed by atoms with Crippen molar-refractivity contribution in [2.75, 3.05) is 13.7 Å². The SMILES string of the molecule is COc1cc(C(=O)N2CCc3ccccc3C2C(=O)O)ccc1OC(C)C. The fourth-order valence-electron chi connectivity index (χ4n) is 3.37. The maximum atomic E-state index is 13.1. The third kappa shape index (κ3) is 3.74. The molecule has 0 saturated heterocycles. The Kier molecular flexibility index (Phi) is 5.35. The average molecular weight is 369 g/mol. The number of hydrogen-bond acceptors (Lipinski definition) is 4. The number of carbonyl (C=O) groups excluding carboxylic acids is 1. The van der Waals surface area contributed by atoms with Gasteiger partial charge in [0.15, 0.2) is 17.5 Å². The molecule has 0 bridgehead atoms. The van der Waals surface area contributed by atoms with E-state index >= 15 is 0 Å². The second kappa shape index (κ2) is 7.70. The smallest absolute Gasteiger partial charge is 0.331 e. The summed E-state index contributed by atoms with van der Waals surface area (Å²) in [6.45, 7) is 4.15. The number of aliphatic carboxylic acids is 1. The van der Waals surface area contributed by atoms with Gasteiger partial charge in [-0.1, -0.05) is 24.3 Å². The van der Waals surface area contributed by atoms with Crippen LogP contribution in [0.1, 0.15) is 41.4 Å². The predicted octanol–water partition coefficient (Wildman–Crippen LogP) is 3.31. The number of amides is 1. The second-order valence-corrected chi connectivity index (χ2v) is 6.72. The molecule has 27 heavy (non-hydrogen) atoms. The van der Waals surface area contributed by atoms with Gasteiger partial charge in [0.05, 0.1) is 13.2 Å². The lowest BCUT2D eigenvalue weighted by molar-refractivity contribution is -0.143. The monoisotopic (exact) mass is 369 g/mol. The molecule has 0 fully saturated rings. The van der Waals surface area contributed by atoms with Gasteiger partial charge in [0.2, 0.25) is 0 Å². The standard InChI is InChI=1S/C21H23NO5/c1-13(2)27-17-9-8-15(12-18(17)26-3)20(23)22-11-10-14-6-4-5-7-16(14)19(22)21(24)25/h4-9,12-13,19H,10-11H2,1-3H3,(H,24,25). The van der Waals surface area contributed by atoms with E-state index in [-0.39, 0.29) is 12.0 Å². The Bertz CT molecular complexity index is 861. The van der Waals surface area contributed by atoms with Crippen LogP contribution < -0.4 is 9.47 Å². The number of rotatable bonds is 5. The van der Waals surface area contributed by atoms with Crippen molar-refractivity contribution in [3.8, 4) is 11.5 Å². The molecule has 2 aromatic rings. The van der Waals surface area contributed by atoms with Gasteiger partial charge in [-0.15, -0.1) is 0 Å². The quantitative estimate of drug-likeness (QED) is 0.875. The molecule has 3 rings (SSSR count). The summed E-state index contributed by atoms with van der Waals surface area (Å²) >= 11 is 0. The molecule has 0 aliphatic carbocycles. The molecule has 6 heteroatoms. The Hall–Kier alpha value is -3.02. The Morgan fingerprint density at radius 1 is 1.15 bits per heavy atom. The summed E-state index contributed by atoms with van der Waals surface area (Å²) in [4.78, 5) is 26.4. The number of carboxylic acid groups (broad SMARTS) is 1. The topological polar surface area (TPSA) is 76.1 Å². The first-order chi connectivity index (χ1) is 12.9. The third-order valence-electron chi connectivity index (χ3n) is 4.55. The molecule has 0 spiro atoms. The van der Waals surface area contributed by atoms with Crippen LogP contribution in [0.25, 0.3) is 0 Å². The van der Waals surface area contributed by atoms with E-state index in [2.05, 4.69) is 0 Å². The molecule has 0 radical (unpaired) electrons. The number of hydrogen-bond donors (Lipinski definition) is 1. The van der Waals surface area contributed by atoms with Gasteiger partial charge in [-0.2, -0.15) is 0 Å². The molecule has 1 unspecified atom stereocenters. The number of fused-ring (bicyclic) bond motifs is 1. The van der Waals surface area contributed by atoms with Gasteiger partial charge in [0, 0.05) is 12.1 Å². The Labute approximate surface area is 158 Å². The lowest BCUT2D eigenvalue weighted by Gasteiger charge is -2.35. The lowest BCUT2D eigenvalue weighted by atomic mass is 9.92. The van der Waals surface area contributed by atoms with Crippen LogP contribution in [0.15, 0.2) is 42.5 Å². The molecule has 1 aliphatic rings. The van der Waals surface area contributed by atoms with Crippen molar-refractivity contribution in [3.63, 3.8) is 0 Å². The van der Waals surface area contributed by atoms with Crippen LogP contribution in [0.2, 0.25) is 0 Å². The third-order valence-corrected chi connectivity index (χ3v) is 4.55. The summed E-state index contributed by atoms with van der Waals surface area (Å²) in [5.74, 6) is -0.393. The van der Waals surface area contributed by atoms with Crippen molar-refractivity contribution in [3.05, 3.63) is 59.2 Å². The summed E-state index contributed by atoms with van der Waals surface area (Å²) in [6, 6.07) is 11.3. The zero-order valence-corrected chi connectivity index (χ0v) is 15.6. The van der Waals surface area contributed by atoms with Gasteiger partial charge in [-0.3, -0.25) is 4.79 Å². The highest BCUT2D eigenvalue weighted by Gasteiger charge is 2.36. The van der Waals surface area contributed by atoms with E-state index in [1.54, 1.807) is 30.3 Å². The van der Waals surface area contributed by atoms with Crippen molar-refractivity contribution < 1.29 is 24.2 Å². The Balaban J connectivity index is 1.94. The molecule has 1 atom stereocenters. The molecular weight excluding hydrogens is 346 g/mol. The van der Waals surface area contributed by atoms with Crippen molar-refractivity contribution in [2.24, 2.45) is 0 Å². The van der Waals surface area contributed by atoms with E-state index in [9.17, 15) is 14.7 Å². The highest BCUT2D eigenvalue weighted by Crippen LogP contribution is 2.33. The van der Waals surface area contributed by atoms with Crippen LogP contribution in [0, 0.1) is 0 Å². The van der Waals surface area contributed by atoms with Crippen LogP contribution in [-0.2, 0) is 11.2 Å². The molecule has 1 aliphatic heterocycles. The van der Waals surface area contributed by atoms with Gasteiger partial charge in [-0.25, -0.2) is 4.79 Å². The van der Waals surface area contributed by atoms with Gasteiger partial charge in [0.1, 0.15) is 0 Å². The van der Waals surface area contributed by atoms with E-state index in [1.165, 1.54) is 12.0 Å². The predicted molar refractivity (Wildman–Crippen MR) is 100 cm³/mol. The lowest BCUT2D eigenvalue weighted by Crippen LogP contribution is -2.43. The van der Waals surface area contributed by atoms with Crippen molar-refractivity contribution in [1.82, 2.24) is 4.90 Å². The maximum Gasteiger partial charge on any atom is 0.331 e. The van der Waals surface area contributed by atoms with E-state index in [1.807, 2.05) is 26.0 Å². The van der Waals surface area contributed by atoms with E-state index in [4.69, 9.17) is 9.47 Å². The van der Waals surface area contributed by atoms with Gasteiger partial charge < -0.3 is 19.5 Å². The summed E-state index contributed by atoms with van der Waals surface area (Å²) in [5.41, 5.74) is 2.00. The van der Waals surface area contributed by atoms with Crippen LogP contribution in [0.5, 0.6) is 11.5 Å². The van der Waals surface area contributed by atoms with Crippen LogP contribution in [-0.4, -0.2) is 41.6 Å². The first-order valence-corrected chi connectivity index (χ1v) is 8.88. The van der Waals surface area contributed by atoms with Crippen molar-refractivity contribution >= 4 is 11.9 Å². The number of carbonyl (C=O) groups is 2. The number of methoxy groups -OCH3 is 1. The van der Waals surface area contributed by atoms with Gasteiger partial charge >= 0.3 is 5.97 Å². The highest BCUT2D eigenvalue weighted by molar-refractivity contribution is 5.97. The molecule has 142 valence electrons. The fraction of sp³-hybridized carbons (Fsp3) is 0.333. The van der Waals surface area contributed by atoms with E-state index < -0.39 is 12.0 Å². The molecule has 0 saturated carbocycles. The molecule has 6 nitrogen and oxygen atoms in total. The second-order valence-electron chi connectivity index (χ2n) is 6.72. The van der Waals surface area contributed by atoms with Gasteiger partial charge in [-0.05, 0) is 49.6 Å². The molecule has 1 N–H and O–H groups in total. The first-order valence-electron chi connectivity index (χ1n) is 8.88. The molecule has 1 amide bonds. The van der Waals surface area contributed by atoms with E-state index in [0.717, 1.165) is 5.56 Å². The first kappa shape index (κ1) is 18.8. The zero-order valence-electron chi connectivity index (χ0n) is 15.6. The molecule has 0 aromatic heterocycles. The molecular formula is C21H23NO5. The molecule has 1 heterocycles. The number of nitrogens with zero attached hydrogens (tertiary/aromatic N) is 1. The van der Waals surface area contributed by atoms with Crippen LogP contribution in [0.4, 0.5) is 0 Å². The minimum Gasteiger partial charge on any atom is -0.493 e. The zero-order chi connectivity index (χ0) is 19.6. The fourth-order valence-corrected chi connectivity index (χ4v) is 3.37. The Morgan fingerprint density at radius 3 is 2.56 bits per heavy atom. The van der Waals surface area contributed by atoms with Crippen molar-refractivity contribution in [2.45, 2.75) is 32.4 Å².